The summed E-state index contributed by atoms with van der Waals surface area (Å²) in [4.78, 5) is 0. The fourth-order valence-corrected chi connectivity index (χ4v) is 0. The molecule has 0 heterocycles. The van der Waals surface area contributed by atoms with E-state index >= 15 is 0 Å². The monoisotopic (exact) mass is 187 g/mol. The third-order valence-corrected chi connectivity index (χ3v) is 0. The Bertz CT molecular complexity index is 8.00. The van der Waals surface area contributed by atoms with Gasteiger partial charge in [-0.25, -0.2) is 0 Å². The minimum Gasteiger partial charge on any atom is -0.0149 e. The zero-order chi connectivity index (χ0) is 0. The molecule has 25 valence electrons. The Morgan fingerprint density at radius 2 is 1.00 bits per heavy atom. The van der Waals surface area contributed by atoms with Crippen LogP contribution in [0.3, 0.4) is 0 Å². The van der Waals surface area contributed by atoms with Crippen LogP contribution in [-0.4, -0.2) is 11.0 Å². The van der Waals surface area contributed by atoms with E-state index in [0.717, 1.165) is 0 Å². The molecule has 0 aromatic rings. The van der Waals surface area contributed by atoms with Crippen LogP contribution in [0.25, 0.3) is 0 Å². The van der Waals surface area contributed by atoms with Crippen molar-refractivity contribution in [1.82, 2.24) is 0 Å². The van der Waals surface area contributed by atoms with Gasteiger partial charge in [-0.15, -0.1) is 0 Å². The van der Waals surface area contributed by atoms with Crippen molar-refractivity contribution >= 4 is 11.0 Å². The van der Waals surface area contributed by atoms with E-state index in [2.05, 4.69) is 0 Å². The molecule has 0 rings (SSSR count). The summed E-state index contributed by atoms with van der Waals surface area (Å²) >= 11 is 0. The molecule has 0 nitrogen and oxygen atoms in total. The molecule has 0 spiro atoms. The van der Waals surface area contributed by atoms with Gasteiger partial charge in [0.2, 0.25) is 0 Å². The van der Waals surface area contributed by atoms with Gasteiger partial charge in [0.05, 0.1) is 0 Å². The quantitative estimate of drug-likeness (QED) is 0.406. The van der Waals surface area contributed by atoms with E-state index in [1.807, 2.05) is 0 Å². The van der Waals surface area contributed by atoms with Gasteiger partial charge in [0, 0.05) is 56.1 Å². The van der Waals surface area contributed by atoms with Gasteiger partial charge < -0.3 is 0 Å². The molecular formula is H4CrMnSiTi. The fourth-order valence-electron chi connectivity index (χ4n) is 0. The van der Waals surface area contributed by atoms with Crippen molar-refractivity contribution in [2.75, 3.05) is 0 Å². The molecule has 0 aliphatic carbocycles. The van der Waals surface area contributed by atoms with Crippen LogP contribution in [-0.2, 0) is 56.1 Å². The van der Waals surface area contributed by atoms with Gasteiger partial charge in [-0.1, -0.05) is 0 Å². The summed E-state index contributed by atoms with van der Waals surface area (Å²) in [6, 6.07) is 0. The number of hydrogen-bond donors (Lipinski definition) is 0. The van der Waals surface area contributed by atoms with Gasteiger partial charge in [-0.2, -0.15) is 0 Å². The second-order valence-corrected chi connectivity index (χ2v) is 0. The van der Waals surface area contributed by atoms with Gasteiger partial charge >= 0.3 is 0 Å². The number of rotatable bonds is 0. The Labute approximate surface area is 66.6 Å². The molecule has 0 bridgehead atoms. The first-order valence-electron chi connectivity index (χ1n) is 0. The molecule has 0 aromatic heterocycles. The van der Waals surface area contributed by atoms with E-state index in [-0.39, 0.29) is 67.1 Å². The predicted octanol–water partition coefficient (Wildman–Crippen LogP) is -1.46. The van der Waals surface area contributed by atoms with Crippen molar-refractivity contribution in [3.63, 3.8) is 0 Å². The smallest absolute Gasteiger partial charge is 0 e. The van der Waals surface area contributed by atoms with Crippen LogP contribution < -0.4 is 0 Å². The topological polar surface area (TPSA) is 0 Å². The van der Waals surface area contributed by atoms with Crippen molar-refractivity contribution in [3.05, 3.63) is 0 Å². The first-order valence-corrected chi connectivity index (χ1v) is 0. The average Bonchev–Trinajstić information content (AvgIpc) is 0. The van der Waals surface area contributed by atoms with E-state index in [4.69, 9.17) is 0 Å². The third-order valence-electron chi connectivity index (χ3n) is 0. The van der Waals surface area contributed by atoms with Gasteiger partial charge in [0.25, 0.3) is 0 Å². The molecule has 4 heavy (non-hydrogen) atoms. The SMILES string of the molecule is [Cr].[Mn].[SiH4].[Ti]. The molecule has 0 atom stereocenters. The molecule has 0 saturated carbocycles. The molecule has 0 unspecified atom stereocenters. The van der Waals surface area contributed by atoms with Crippen LogP contribution in [0.15, 0.2) is 0 Å². The summed E-state index contributed by atoms with van der Waals surface area (Å²) in [5, 5.41) is 0. The molecule has 1 radical (unpaired) electrons. The first kappa shape index (κ1) is 37.8. The summed E-state index contributed by atoms with van der Waals surface area (Å²) in [5.74, 6) is 0. The van der Waals surface area contributed by atoms with Gasteiger partial charge in [0.15, 0.2) is 0 Å². The number of hydrogen-bond acceptors (Lipinski definition) is 0. The molecule has 0 aromatic carbocycles. The van der Waals surface area contributed by atoms with Crippen LogP contribution in [0.5, 0.6) is 0 Å². The van der Waals surface area contributed by atoms with Crippen LogP contribution in [0.2, 0.25) is 0 Å². The van der Waals surface area contributed by atoms with Crippen LogP contribution in [0.4, 0.5) is 0 Å². The molecular weight excluding hydrogens is 183 g/mol. The maximum atomic E-state index is 0. The predicted molar refractivity (Wildman–Crippen MR) is 11.3 cm³/mol. The van der Waals surface area contributed by atoms with Crippen LogP contribution in [0, 0.1) is 0 Å². The molecule has 0 amide bonds. The van der Waals surface area contributed by atoms with Gasteiger partial charge in [-0.05, 0) is 11.0 Å². The van der Waals surface area contributed by atoms with Crippen molar-refractivity contribution in [3.8, 4) is 0 Å². The summed E-state index contributed by atoms with van der Waals surface area (Å²) in [7, 11) is 0. The van der Waals surface area contributed by atoms with Crippen molar-refractivity contribution in [2.24, 2.45) is 0 Å². The molecule has 0 aliphatic heterocycles. The summed E-state index contributed by atoms with van der Waals surface area (Å²) < 4.78 is 0. The third kappa shape index (κ3) is 9.01. The molecule has 4 heteroatoms. The average molecular weight is 187 g/mol. The first-order chi connectivity index (χ1) is 0. The Morgan fingerprint density at radius 1 is 1.00 bits per heavy atom. The molecule has 0 saturated heterocycles. The van der Waals surface area contributed by atoms with Gasteiger partial charge in [-0.3, -0.25) is 0 Å². The van der Waals surface area contributed by atoms with E-state index in [1.165, 1.54) is 0 Å². The molecule has 0 aliphatic rings. The van der Waals surface area contributed by atoms with Crippen LogP contribution in [0.1, 0.15) is 0 Å². The fraction of sp³-hybridized carbons (Fsp3) is 0. The summed E-state index contributed by atoms with van der Waals surface area (Å²) in [6.45, 7) is 0. The minimum absolute atomic E-state index is 0. The maximum absolute atomic E-state index is 0. The zero-order valence-corrected chi connectivity index (χ0v) is 5.30. The van der Waals surface area contributed by atoms with Crippen molar-refractivity contribution in [1.29, 1.82) is 0 Å². The Kier molecular flexibility index (Phi) is 190. The molecule has 0 N–H and O–H groups in total. The largest absolute Gasteiger partial charge is 0.0149 e. The van der Waals surface area contributed by atoms with E-state index in [9.17, 15) is 0 Å². The normalized spacial score (nSPS) is 0. The summed E-state index contributed by atoms with van der Waals surface area (Å²) in [5.41, 5.74) is 0. The zero-order valence-electron chi connectivity index (χ0n) is 1.29. The van der Waals surface area contributed by atoms with Gasteiger partial charge in [0.1, 0.15) is 0 Å². The second-order valence-electron chi connectivity index (χ2n) is 0. The standard InChI is InChI=1S/Cr.Mn.H4Si.Ti/h;;1H4;. The van der Waals surface area contributed by atoms with Crippen molar-refractivity contribution in [2.45, 2.75) is 0 Å². The maximum Gasteiger partial charge on any atom is 0 e. The van der Waals surface area contributed by atoms with E-state index < -0.39 is 0 Å². The van der Waals surface area contributed by atoms with E-state index in [1.54, 1.807) is 0 Å². The second kappa shape index (κ2) is 20.1. The van der Waals surface area contributed by atoms with E-state index in [0.29, 0.717) is 0 Å². The minimum atomic E-state index is 0. The Balaban J connectivity index is 0. The Morgan fingerprint density at radius 3 is 1.00 bits per heavy atom. The summed E-state index contributed by atoms with van der Waals surface area (Å²) in [6.07, 6.45) is 0. The van der Waals surface area contributed by atoms with Crippen molar-refractivity contribution < 1.29 is 56.1 Å². The Hall–Kier alpha value is 1.98. The van der Waals surface area contributed by atoms with Crippen LogP contribution >= 0.6 is 0 Å². The molecule has 0 fully saturated rings.